The second kappa shape index (κ2) is 8.04. The Balaban J connectivity index is 2.42. The summed E-state index contributed by atoms with van der Waals surface area (Å²) in [5.41, 5.74) is 0.181. The molecular formula is C15H28ClNO. The van der Waals surface area contributed by atoms with E-state index in [-0.39, 0.29) is 17.2 Å². The lowest BCUT2D eigenvalue weighted by molar-refractivity contribution is -0.125. The summed E-state index contributed by atoms with van der Waals surface area (Å²) >= 11 is 6.10. The first-order chi connectivity index (χ1) is 8.67. The molecular weight excluding hydrogens is 246 g/mol. The highest BCUT2D eigenvalue weighted by Crippen LogP contribution is 2.38. The summed E-state index contributed by atoms with van der Waals surface area (Å²) in [6.07, 6.45) is 9.04. The molecule has 0 atom stereocenters. The van der Waals surface area contributed by atoms with Gasteiger partial charge in [-0.25, -0.2) is 0 Å². The van der Waals surface area contributed by atoms with E-state index in [4.69, 9.17) is 11.6 Å². The van der Waals surface area contributed by atoms with Crippen LogP contribution in [0.5, 0.6) is 0 Å². The highest BCUT2D eigenvalue weighted by molar-refractivity contribution is 6.18. The van der Waals surface area contributed by atoms with Gasteiger partial charge in [0.05, 0.1) is 0 Å². The molecule has 1 N–H and O–H groups in total. The van der Waals surface area contributed by atoms with Crippen LogP contribution in [0.3, 0.4) is 0 Å². The van der Waals surface area contributed by atoms with Gasteiger partial charge in [0.1, 0.15) is 0 Å². The normalized spacial score (nSPS) is 18.2. The first-order valence-electron chi connectivity index (χ1n) is 7.51. The van der Waals surface area contributed by atoms with Gasteiger partial charge < -0.3 is 5.32 Å². The van der Waals surface area contributed by atoms with Crippen molar-refractivity contribution >= 4 is 17.5 Å². The molecule has 0 aliphatic heterocycles. The molecule has 1 fully saturated rings. The van der Waals surface area contributed by atoms with Crippen LogP contribution in [0.2, 0.25) is 0 Å². The Hall–Kier alpha value is -0.240. The molecule has 2 nitrogen and oxygen atoms in total. The zero-order valence-corrected chi connectivity index (χ0v) is 12.7. The molecule has 0 aromatic carbocycles. The highest BCUT2D eigenvalue weighted by atomic mass is 35.5. The van der Waals surface area contributed by atoms with Crippen LogP contribution in [0.4, 0.5) is 0 Å². The van der Waals surface area contributed by atoms with Gasteiger partial charge in [-0.05, 0) is 25.7 Å². The molecule has 0 spiro atoms. The van der Waals surface area contributed by atoms with Crippen LogP contribution in [0.1, 0.15) is 65.2 Å². The minimum atomic E-state index is 0.181. The molecule has 3 heteroatoms. The molecule has 106 valence electrons. The van der Waals surface area contributed by atoms with E-state index in [1.54, 1.807) is 0 Å². The average Bonchev–Trinajstić information content (AvgIpc) is 2.85. The molecule has 0 aromatic rings. The zero-order valence-electron chi connectivity index (χ0n) is 11.9. The van der Waals surface area contributed by atoms with E-state index in [0.717, 1.165) is 32.2 Å². The summed E-state index contributed by atoms with van der Waals surface area (Å²) in [6, 6.07) is 0. The molecule has 1 rings (SSSR count). The van der Waals surface area contributed by atoms with E-state index in [2.05, 4.69) is 19.2 Å². The number of amides is 1. The molecule has 0 radical (unpaired) electrons. The minimum absolute atomic E-state index is 0.181. The van der Waals surface area contributed by atoms with Crippen LogP contribution in [-0.4, -0.2) is 18.3 Å². The van der Waals surface area contributed by atoms with Gasteiger partial charge in [0.15, 0.2) is 0 Å². The number of nitrogens with one attached hydrogen (secondary N) is 1. The standard InChI is InChI=1S/C15H28ClNO/c1-3-7-13(8-4-2)14(18)17-12-15(11-16)9-5-6-10-15/h13H,3-12H2,1-2H3,(H,17,18). The SMILES string of the molecule is CCCC(CCC)C(=O)NCC1(CCl)CCCC1. The first kappa shape index (κ1) is 15.8. The Labute approximate surface area is 117 Å². The second-order valence-corrected chi connectivity index (χ2v) is 6.10. The van der Waals surface area contributed by atoms with E-state index in [0.29, 0.717) is 5.88 Å². The number of alkyl halides is 1. The fraction of sp³-hybridized carbons (Fsp3) is 0.933. The molecule has 1 aliphatic rings. The van der Waals surface area contributed by atoms with Gasteiger partial charge in [-0.3, -0.25) is 4.79 Å². The van der Waals surface area contributed by atoms with E-state index in [1.165, 1.54) is 25.7 Å². The van der Waals surface area contributed by atoms with Crippen LogP contribution in [-0.2, 0) is 4.79 Å². The number of carbonyl (C=O) groups excluding carboxylic acids is 1. The molecule has 1 saturated carbocycles. The van der Waals surface area contributed by atoms with E-state index in [1.807, 2.05) is 0 Å². The zero-order chi connectivity index (χ0) is 13.4. The van der Waals surface area contributed by atoms with Gasteiger partial charge in [0, 0.05) is 23.8 Å². The predicted octanol–water partition coefficient (Wildman–Crippen LogP) is 4.12. The van der Waals surface area contributed by atoms with Gasteiger partial charge in [0.25, 0.3) is 0 Å². The molecule has 0 saturated heterocycles. The van der Waals surface area contributed by atoms with E-state index >= 15 is 0 Å². The van der Waals surface area contributed by atoms with E-state index < -0.39 is 0 Å². The first-order valence-corrected chi connectivity index (χ1v) is 8.04. The maximum Gasteiger partial charge on any atom is 0.223 e. The third kappa shape index (κ3) is 4.46. The number of hydrogen-bond acceptors (Lipinski definition) is 1. The van der Waals surface area contributed by atoms with Gasteiger partial charge >= 0.3 is 0 Å². The molecule has 0 heterocycles. The Morgan fingerprint density at radius 2 is 1.78 bits per heavy atom. The molecule has 0 aromatic heterocycles. The summed E-state index contributed by atoms with van der Waals surface area (Å²) in [5, 5.41) is 3.16. The van der Waals surface area contributed by atoms with Crippen LogP contribution in [0, 0.1) is 11.3 Å². The summed E-state index contributed by atoms with van der Waals surface area (Å²) in [7, 11) is 0. The van der Waals surface area contributed by atoms with Gasteiger partial charge in [-0.15, -0.1) is 11.6 Å². The summed E-state index contributed by atoms with van der Waals surface area (Å²) < 4.78 is 0. The Kier molecular flexibility index (Phi) is 7.06. The fourth-order valence-electron chi connectivity index (χ4n) is 3.01. The second-order valence-electron chi connectivity index (χ2n) is 5.83. The smallest absolute Gasteiger partial charge is 0.223 e. The van der Waals surface area contributed by atoms with Crippen molar-refractivity contribution in [2.45, 2.75) is 65.2 Å². The number of hydrogen-bond donors (Lipinski definition) is 1. The van der Waals surface area contributed by atoms with Crippen molar-refractivity contribution in [2.24, 2.45) is 11.3 Å². The summed E-state index contributed by atoms with van der Waals surface area (Å²) in [6.45, 7) is 5.07. The molecule has 0 unspecified atom stereocenters. The maximum atomic E-state index is 12.2. The molecule has 0 bridgehead atoms. The Bertz CT molecular complexity index is 243. The molecule has 18 heavy (non-hydrogen) atoms. The van der Waals surface area contributed by atoms with Crippen LogP contribution in [0.25, 0.3) is 0 Å². The predicted molar refractivity (Wildman–Crippen MR) is 77.9 cm³/mol. The fourth-order valence-corrected chi connectivity index (χ4v) is 3.37. The van der Waals surface area contributed by atoms with Crippen LogP contribution < -0.4 is 5.32 Å². The Morgan fingerprint density at radius 1 is 1.22 bits per heavy atom. The molecule has 1 amide bonds. The lowest BCUT2D eigenvalue weighted by Gasteiger charge is -2.27. The third-order valence-corrected chi connectivity index (χ3v) is 4.80. The highest BCUT2D eigenvalue weighted by Gasteiger charge is 2.33. The van der Waals surface area contributed by atoms with Gasteiger partial charge in [-0.1, -0.05) is 39.5 Å². The topological polar surface area (TPSA) is 29.1 Å². The largest absolute Gasteiger partial charge is 0.355 e. The molecule has 1 aliphatic carbocycles. The van der Waals surface area contributed by atoms with Crippen molar-refractivity contribution in [3.05, 3.63) is 0 Å². The van der Waals surface area contributed by atoms with Crippen LogP contribution >= 0.6 is 11.6 Å². The summed E-state index contributed by atoms with van der Waals surface area (Å²) in [5.74, 6) is 1.13. The van der Waals surface area contributed by atoms with Crippen LogP contribution in [0.15, 0.2) is 0 Å². The van der Waals surface area contributed by atoms with Crippen molar-refractivity contribution in [1.29, 1.82) is 0 Å². The van der Waals surface area contributed by atoms with E-state index in [9.17, 15) is 4.79 Å². The third-order valence-electron chi connectivity index (χ3n) is 4.23. The van der Waals surface area contributed by atoms with Crippen molar-refractivity contribution in [2.75, 3.05) is 12.4 Å². The number of carbonyl (C=O) groups is 1. The minimum Gasteiger partial charge on any atom is -0.355 e. The van der Waals surface area contributed by atoms with Crippen molar-refractivity contribution < 1.29 is 4.79 Å². The Morgan fingerprint density at radius 3 is 2.22 bits per heavy atom. The number of rotatable bonds is 8. The number of halogens is 1. The summed E-state index contributed by atoms with van der Waals surface area (Å²) in [4.78, 5) is 12.2. The lowest BCUT2D eigenvalue weighted by Crippen LogP contribution is -2.40. The van der Waals surface area contributed by atoms with Crippen molar-refractivity contribution in [3.63, 3.8) is 0 Å². The van der Waals surface area contributed by atoms with Crippen molar-refractivity contribution in [3.8, 4) is 0 Å². The monoisotopic (exact) mass is 273 g/mol. The van der Waals surface area contributed by atoms with Gasteiger partial charge in [0.2, 0.25) is 5.91 Å². The lowest BCUT2D eigenvalue weighted by atomic mass is 9.88. The maximum absolute atomic E-state index is 12.2. The van der Waals surface area contributed by atoms with Crippen molar-refractivity contribution in [1.82, 2.24) is 5.32 Å². The van der Waals surface area contributed by atoms with Gasteiger partial charge in [-0.2, -0.15) is 0 Å². The quantitative estimate of drug-likeness (QED) is 0.662. The average molecular weight is 274 g/mol.